The zero-order chi connectivity index (χ0) is 43.1. The van der Waals surface area contributed by atoms with Crippen LogP contribution in [0.3, 0.4) is 0 Å². The lowest BCUT2D eigenvalue weighted by molar-refractivity contribution is 1.18. The van der Waals surface area contributed by atoms with Crippen LogP contribution in [0.4, 0.5) is 22.7 Å². The molecule has 11 aromatic carbocycles. The fraction of sp³-hybridized carbons (Fsp3) is 0. The fourth-order valence-corrected chi connectivity index (χ4v) is 9.54. The van der Waals surface area contributed by atoms with Crippen LogP contribution in [0.15, 0.2) is 249 Å². The zero-order valence-corrected chi connectivity index (χ0v) is 35.6. The lowest BCUT2D eigenvalue weighted by atomic mass is 9.94. The number of fused-ring (bicyclic) bond motifs is 5. The largest absolute Gasteiger partial charge is 0.355 e. The van der Waals surface area contributed by atoms with Crippen molar-refractivity contribution >= 4 is 66.1 Å². The maximum atomic E-state index is 3.89. The molecule has 2 N–H and O–H groups in total. The first-order valence-electron chi connectivity index (χ1n) is 22.2. The van der Waals surface area contributed by atoms with Gasteiger partial charge < -0.3 is 15.2 Å². The van der Waals surface area contributed by atoms with Gasteiger partial charge in [-0.3, -0.25) is 0 Å². The number of anilines is 4. The van der Waals surface area contributed by atoms with E-state index in [2.05, 4.69) is 264 Å². The molecule has 0 saturated carbocycles. The first kappa shape index (κ1) is 38.0. The summed E-state index contributed by atoms with van der Waals surface area (Å²) in [7, 11) is 0. The van der Waals surface area contributed by atoms with E-state index in [1.54, 1.807) is 0 Å². The number of aromatic nitrogens is 1. The smallest absolute Gasteiger partial charge is 0.0541 e. The number of hydrogen-bond acceptors (Lipinski definition) is 2. The monoisotopic (exact) mass is 829 g/mol. The van der Waals surface area contributed by atoms with Crippen LogP contribution in [0.5, 0.6) is 0 Å². The highest BCUT2D eigenvalue weighted by atomic mass is 15.0. The molecule has 12 aromatic rings. The van der Waals surface area contributed by atoms with E-state index in [9.17, 15) is 0 Å². The molecule has 0 bridgehead atoms. The number of nitrogens with one attached hydrogen (secondary N) is 2. The van der Waals surface area contributed by atoms with E-state index in [0.717, 1.165) is 61.8 Å². The Morgan fingerprint density at radius 3 is 1.74 bits per heavy atom. The molecule has 0 radical (unpaired) electrons. The van der Waals surface area contributed by atoms with Crippen molar-refractivity contribution in [3.63, 3.8) is 0 Å². The van der Waals surface area contributed by atoms with Gasteiger partial charge in [0, 0.05) is 55.7 Å². The summed E-state index contributed by atoms with van der Waals surface area (Å²) in [6.45, 7) is 0. The van der Waals surface area contributed by atoms with Crippen molar-refractivity contribution in [3.8, 4) is 50.2 Å². The highest BCUT2D eigenvalue weighted by Crippen LogP contribution is 2.41. The maximum absolute atomic E-state index is 3.89. The Kier molecular flexibility index (Phi) is 9.50. The number of hydrogen-bond donors (Lipinski definition) is 2. The summed E-state index contributed by atoms with van der Waals surface area (Å²) in [5.74, 6) is 0. The molecule has 1 aromatic heterocycles. The van der Waals surface area contributed by atoms with Gasteiger partial charge in [0.2, 0.25) is 0 Å². The van der Waals surface area contributed by atoms with Crippen LogP contribution in [0.25, 0.3) is 93.5 Å². The van der Waals surface area contributed by atoms with Gasteiger partial charge in [-0.25, -0.2) is 0 Å². The summed E-state index contributed by atoms with van der Waals surface area (Å²) < 4.78 is 2.40. The van der Waals surface area contributed by atoms with Gasteiger partial charge in [-0.1, -0.05) is 176 Å². The molecule has 0 aliphatic rings. The van der Waals surface area contributed by atoms with Gasteiger partial charge in [0.1, 0.15) is 0 Å². The van der Waals surface area contributed by atoms with Crippen molar-refractivity contribution < 1.29 is 0 Å². The van der Waals surface area contributed by atoms with Crippen molar-refractivity contribution in [2.45, 2.75) is 0 Å². The molecule has 65 heavy (non-hydrogen) atoms. The molecular weight excluding hydrogens is 787 g/mol. The van der Waals surface area contributed by atoms with Crippen LogP contribution in [0.2, 0.25) is 0 Å². The van der Waals surface area contributed by atoms with Crippen LogP contribution in [-0.2, 0) is 0 Å². The summed E-state index contributed by atoms with van der Waals surface area (Å²) in [6, 6.07) is 89.7. The molecule has 0 spiro atoms. The molecule has 0 unspecified atom stereocenters. The van der Waals surface area contributed by atoms with Crippen molar-refractivity contribution in [3.05, 3.63) is 249 Å². The van der Waals surface area contributed by atoms with E-state index >= 15 is 0 Å². The Labute approximate surface area is 378 Å². The Bertz CT molecular complexity index is 3710. The average Bonchev–Trinajstić information content (AvgIpc) is 3.71. The summed E-state index contributed by atoms with van der Waals surface area (Å²) in [5, 5.41) is 14.9. The van der Waals surface area contributed by atoms with Gasteiger partial charge in [-0.05, 0) is 122 Å². The molecule has 0 amide bonds. The quantitative estimate of drug-likeness (QED) is 0.152. The molecule has 0 aliphatic carbocycles. The minimum Gasteiger partial charge on any atom is -0.355 e. The molecular formula is C62H43N3. The van der Waals surface area contributed by atoms with Crippen molar-refractivity contribution in [2.75, 3.05) is 10.6 Å². The first-order valence-corrected chi connectivity index (χ1v) is 22.2. The molecule has 12 rings (SSSR count). The van der Waals surface area contributed by atoms with E-state index in [-0.39, 0.29) is 0 Å². The minimum atomic E-state index is 1.05. The van der Waals surface area contributed by atoms with E-state index in [1.807, 2.05) is 0 Å². The number of para-hydroxylation sites is 2. The van der Waals surface area contributed by atoms with Gasteiger partial charge in [0.15, 0.2) is 0 Å². The Balaban J connectivity index is 0.965. The second kappa shape index (κ2) is 16.2. The second-order valence-corrected chi connectivity index (χ2v) is 16.7. The van der Waals surface area contributed by atoms with Gasteiger partial charge in [-0.2, -0.15) is 0 Å². The van der Waals surface area contributed by atoms with Gasteiger partial charge in [-0.15, -0.1) is 0 Å². The van der Waals surface area contributed by atoms with Crippen molar-refractivity contribution in [1.29, 1.82) is 0 Å². The third-order valence-corrected chi connectivity index (χ3v) is 12.8. The van der Waals surface area contributed by atoms with Gasteiger partial charge in [0.05, 0.1) is 11.0 Å². The van der Waals surface area contributed by atoms with E-state index in [4.69, 9.17) is 0 Å². The van der Waals surface area contributed by atoms with Crippen LogP contribution in [0.1, 0.15) is 0 Å². The zero-order valence-electron chi connectivity index (χ0n) is 35.6. The van der Waals surface area contributed by atoms with Gasteiger partial charge >= 0.3 is 0 Å². The SMILES string of the molecule is c1ccc(-c2ccc(-n3c4ccccc4c4cc(-c5cc(-c6cccc(-c7ccccc7Nc7ccc8ccccc8c7)c6)ccc5Nc5cccc6ccccc56)ccc43)cc2)cc1. The topological polar surface area (TPSA) is 29.0 Å². The van der Waals surface area contributed by atoms with E-state index in [1.165, 1.54) is 54.5 Å². The average molecular weight is 830 g/mol. The van der Waals surface area contributed by atoms with Crippen LogP contribution in [-0.4, -0.2) is 4.57 Å². The third-order valence-electron chi connectivity index (χ3n) is 12.8. The molecule has 306 valence electrons. The van der Waals surface area contributed by atoms with Crippen LogP contribution >= 0.6 is 0 Å². The van der Waals surface area contributed by atoms with Gasteiger partial charge in [0.25, 0.3) is 0 Å². The lowest BCUT2D eigenvalue weighted by Crippen LogP contribution is -1.96. The summed E-state index contributed by atoms with van der Waals surface area (Å²) >= 11 is 0. The Morgan fingerprint density at radius 2 is 0.846 bits per heavy atom. The second-order valence-electron chi connectivity index (χ2n) is 16.7. The molecule has 0 atom stereocenters. The lowest BCUT2D eigenvalue weighted by Gasteiger charge is -2.17. The standard InChI is InChI=1S/C62H43N3/c1-2-14-42(15-3-1)44-29-34-52(35-30-44)65-61-27-11-9-24-55(61)57-41-50(32-37-62(57)65)56-40-48(31-36-60(56)64-59-26-13-19-45-17-6-7-22-53(45)59)46-20-12-21-49(38-46)54-23-8-10-25-58(54)63-51-33-28-43-16-4-5-18-47(43)39-51/h1-41,63-64H. The summed E-state index contributed by atoms with van der Waals surface area (Å²) in [6.07, 6.45) is 0. The normalized spacial score (nSPS) is 11.4. The number of rotatable bonds is 9. The summed E-state index contributed by atoms with van der Waals surface area (Å²) in [5.41, 5.74) is 17.0. The molecule has 3 nitrogen and oxygen atoms in total. The van der Waals surface area contributed by atoms with Crippen LogP contribution in [0, 0.1) is 0 Å². The molecule has 0 aliphatic heterocycles. The predicted octanol–water partition coefficient (Wildman–Crippen LogP) is 17.2. The summed E-state index contributed by atoms with van der Waals surface area (Å²) in [4.78, 5) is 0. The van der Waals surface area contributed by atoms with Crippen LogP contribution < -0.4 is 10.6 Å². The first-order chi connectivity index (χ1) is 32.2. The molecule has 0 fully saturated rings. The Hall–Kier alpha value is -8.66. The van der Waals surface area contributed by atoms with Crippen molar-refractivity contribution in [2.24, 2.45) is 0 Å². The maximum Gasteiger partial charge on any atom is 0.0541 e. The highest BCUT2D eigenvalue weighted by molar-refractivity contribution is 6.11. The molecule has 1 heterocycles. The van der Waals surface area contributed by atoms with E-state index in [0.29, 0.717) is 0 Å². The van der Waals surface area contributed by atoms with E-state index < -0.39 is 0 Å². The predicted molar refractivity (Wildman–Crippen MR) is 277 cm³/mol. The number of nitrogens with zero attached hydrogens (tertiary/aromatic N) is 1. The number of benzene rings is 11. The Morgan fingerprint density at radius 1 is 0.262 bits per heavy atom. The molecule has 3 heteroatoms. The third kappa shape index (κ3) is 7.16. The fourth-order valence-electron chi connectivity index (χ4n) is 9.54. The highest BCUT2D eigenvalue weighted by Gasteiger charge is 2.17. The molecule has 0 saturated heterocycles. The van der Waals surface area contributed by atoms with Crippen molar-refractivity contribution in [1.82, 2.24) is 4.57 Å². The minimum absolute atomic E-state index is 1.05.